The number of tetrazole rings is 1. The van der Waals surface area contributed by atoms with Gasteiger partial charge >= 0.3 is 0 Å². The number of hydrogen-bond donors (Lipinski definition) is 2. The highest BCUT2D eigenvalue weighted by molar-refractivity contribution is 5.82. The highest BCUT2D eigenvalue weighted by atomic mass is 16.5. The van der Waals surface area contributed by atoms with Crippen LogP contribution in [0, 0.1) is 0 Å². The summed E-state index contributed by atoms with van der Waals surface area (Å²) < 4.78 is 7.06. The highest BCUT2D eigenvalue weighted by Crippen LogP contribution is 2.43. The zero-order valence-corrected chi connectivity index (χ0v) is 16.9. The SMILES string of the molecule is COc1ccc(C(C)C)cc1-c1cc(-c2nnnn2-c2ccccc2)c(O)cc1O. The van der Waals surface area contributed by atoms with Gasteiger partial charge in [-0.25, -0.2) is 0 Å². The molecule has 0 unspecified atom stereocenters. The molecule has 0 bridgehead atoms. The fraction of sp³-hybridized carbons (Fsp3) is 0.174. The summed E-state index contributed by atoms with van der Waals surface area (Å²) in [5.41, 5.74) is 3.50. The largest absolute Gasteiger partial charge is 0.507 e. The van der Waals surface area contributed by atoms with E-state index in [0.717, 1.165) is 16.8 Å². The van der Waals surface area contributed by atoms with Crippen molar-refractivity contribution in [2.45, 2.75) is 19.8 Å². The fourth-order valence-corrected chi connectivity index (χ4v) is 3.37. The van der Waals surface area contributed by atoms with Crippen molar-refractivity contribution in [1.29, 1.82) is 0 Å². The lowest BCUT2D eigenvalue weighted by atomic mass is 9.94. The molecule has 7 heteroatoms. The van der Waals surface area contributed by atoms with Gasteiger partial charge in [0.05, 0.1) is 18.4 Å². The first-order valence-electron chi connectivity index (χ1n) is 9.58. The number of para-hydroxylation sites is 1. The van der Waals surface area contributed by atoms with Crippen LogP contribution >= 0.6 is 0 Å². The van der Waals surface area contributed by atoms with Crippen molar-refractivity contribution in [2.75, 3.05) is 7.11 Å². The van der Waals surface area contributed by atoms with Crippen molar-refractivity contribution >= 4 is 0 Å². The second-order valence-electron chi connectivity index (χ2n) is 7.25. The average Bonchev–Trinajstić information content (AvgIpc) is 3.23. The third-order valence-corrected chi connectivity index (χ3v) is 5.01. The van der Waals surface area contributed by atoms with Crippen LogP contribution in [0.4, 0.5) is 0 Å². The van der Waals surface area contributed by atoms with E-state index in [1.54, 1.807) is 13.2 Å². The first kappa shape index (κ1) is 19.4. The molecule has 0 aliphatic rings. The lowest BCUT2D eigenvalue weighted by Gasteiger charge is -2.15. The van der Waals surface area contributed by atoms with Crippen molar-refractivity contribution in [3.8, 4) is 45.5 Å². The van der Waals surface area contributed by atoms with E-state index in [-0.39, 0.29) is 11.5 Å². The molecule has 0 atom stereocenters. The van der Waals surface area contributed by atoms with Crippen LogP contribution in [0.2, 0.25) is 0 Å². The minimum atomic E-state index is -0.123. The van der Waals surface area contributed by atoms with Gasteiger partial charge in [-0.05, 0) is 52.2 Å². The first-order chi connectivity index (χ1) is 14.5. The summed E-state index contributed by atoms with van der Waals surface area (Å²) in [5, 5.41) is 33.1. The van der Waals surface area contributed by atoms with Gasteiger partial charge in [0.25, 0.3) is 0 Å². The van der Waals surface area contributed by atoms with E-state index in [1.165, 1.54) is 10.7 Å². The second-order valence-corrected chi connectivity index (χ2v) is 7.25. The molecule has 4 aromatic rings. The first-order valence-corrected chi connectivity index (χ1v) is 9.58. The molecule has 0 radical (unpaired) electrons. The molecule has 152 valence electrons. The number of aromatic hydroxyl groups is 2. The Labute approximate surface area is 174 Å². The standard InChI is InChI=1S/C23H22N4O3/c1-14(2)15-9-10-22(30-3)18(11-15)17-12-19(21(29)13-20(17)28)23-24-25-26-27(23)16-7-5-4-6-8-16/h4-14,28-29H,1-3H3. The molecule has 0 saturated heterocycles. The molecule has 0 saturated carbocycles. The quantitative estimate of drug-likeness (QED) is 0.509. The van der Waals surface area contributed by atoms with Crippen LogP contribution in [-0.4, -0.2) is 37.5 Å². The number of phenols is 2. The number of hydrogen-bond acceptors (Lipinski definition) is 6. The molecular weight excluding hydrogens is 380 g/mol. The van der Waals surface area contributed by atoms with Crippen LogP contribution < -0.4 is 4.74 Å². The van der Waals surface area contributed by atoms with E-state index in [1.807, 2.05) is 48.5 Å². The Bertz CT molecular complexity index is 1190. The van der Waals surface area contributed by atoms with Gasteiger partial charge in [0, 0.05) is 17.2 Å². The van der Waals surface area contributed by atoms with Crippen LogP contribution in [0.3, 0.4) is 0 Å². The van der Waals surface area contributed by atoms with E-state index in [9.17, 15) is 10.2 Å². The van der Waals surface area contributed by atoms with Crippen molar-refractivity contribution in [2.24, 2.45) is 0 Å². The Morgan fingerprint density at radius 2 is 1.60 bits per heavy atom. The number of aromatic nitrogens is 4. The van der Waals surface area contributed by atoms with Crippen molar-refractivity contribution < 1.29 is 14.9 Å². The molecule has 4 rings (SSSR count). The maximum Gasteiger partial charge on any atom is 0.190 e. The third kappa shape index (κ3) is 3.45. The Kier molecular flexibility index (Phi) is 5.10. The topological polar surface area (TPSA) is 93.3 Å². The highest BCUT2D eigenvalue weighted by Gasteiger charge is 2.20. The monoisotopic (exact) mass is 402 g/mol. The zero-order valence-electron chi connectivity index (χ0n) is 16.9. The summed E-state index contributed by atoms with van der Waals surface area (Å²) in [4.78, 5) is 0. The predicted molar refractivity (Wildman–Crippen MR) is 114 cm³/mol. The van der Waals surface area contributed by atoms with Gasteiger partial charge in [-0.2, -0.15) is 4.68 Å². The molecule has 0 spiro atoms. The normalized spacial score (nSPS) is 11.1. The number of ether oxygens (including phenoxy) is 1. The second kappa shape index (κ2) is 7.87. The van der Waals surface area contributed by atoms with Crippen molar-refractivity contribution in [3.63, 3.8) is 0 Å². The number of methoxy groups -OCH3 is 1. The maximum atomic E-state index is 10.6. The minimum Gasteiger partial charge on any atom is -0.507 e. The molecule has 0 fully saturated rings. The van der Waals surface area contributed by atoms with E-state index < -0.39 is 0 Å². The van der Waals surface area contributed by atoms with Gasteiger partial charge in [0.15, 0.2) is 5.82 Å². The summed E-state index contributed by atoms with van der Waals surface area (Å²) in [5.74, 6) is 1.10. The average molecular weight is 402 g/mol. The van der Waals surface area contributed by atoms with Crippen LogP contribution in [0.25, 0.3) is 28.2 Å². The molecule has 0 aliphatic carbocycles. The van der Waals surface area contributed by atoms with E-state index >= 15 is 0 Å². The van der Waals surface area contributed by atoms with Gasteiger partial charge in [0.2, 0.25) is 0 Å². The molecular formula is C23H22N4O3. The molecule has 0 aliphatic heterocycles. The number of rotatable bonds is 5. The molecule has 7 nitrogen and oxygen atoms in total. The van der Waals surface area contributed by atoms with E-state index in [4.69, 9.17) is 4.74 Å². The van der Waals surface area contributed by atoms with E-state index in [2.05, 4.69) is 29.4 Å². The van der Waals surface area contributed by atoms with Crippen molar-refractivity contribution in [1.82, 2.24) is 20.2 Å². The number of nitrogens with zero attached hydrogens (tertiary/aromatic N) is 4. The van der Waals surface area contributed by atoms with Crippen LogP contribution in [0.1, 0.15) is 25.3 Å². The zero-order chi connectivity index (χ0) is 21.3. The molecule has 2 N–H and O–H groups in total. The van der Waals surface area contributed by atoms with Gasteiger partial charge in [-0.15, -0.1) is 5.10 Å². The lowest BCUT2D eigenvalue weighted by molar-refractivity contribution is 0.415. The molecule has 1 aromatic heterocycles. The molecule has 1 heterocycles. The lowest BCUT2D eigenvalue weighted by Crippen LogP contribution is -2.00. The predicted octanol–water partition coefficient (Wildman–Crippen LogP) is 4.54. The summed E-state index contributed by atoms with van der Waals surface area (Å²) in [6.45, 7) is 4.20. The van der Waals surface area contributed by atoms with Crippen molar-refractivity contribution in [3.05, 3.63) is 66.2 Å². The summed E-state index contributed by atoms with van der Waals surface area (Å²) >= 11 is 0. The Morgan fingerprint density at radius 1 is 0.867 bits per heavy atom. The maximum absolute atomic E-state index is 10.6. The van der Waals surface area contributed by atoms with Gasteiger partial charge in [-0.1, -0.05) is 38.1 Å². The van der Waals surface area contributed by atoms with Gasteiger partial charge < -0.3 is 14.9 Å². The van der Waals surface area contributed by atoms with Gasteiger partial charge in [0.1, 0.15) is 17.2 Å². The Hall–Kier alpha value is -3.87. The Morgan fingerprint density at radius 3 is 2.30 bits per heavy atom. The number of benzene rings is 3. The van der Waals surface area contributed by atoms with Crippen LogP contribution in [0.15, 0.2) is 60.7 Å². The third-order valence-electron chi connectivity index (χ3n) is 5.01. The van der Waals surface area contributed by atoms with Gasteiger partial charge in [-0.3, -0.25) is 0 Å². The van der Waals surface area contributed by atoms with E-state index in [0.29, 0.717) is 28.6 Å². The Balaban J connectivity index is 1.91. The minimum absolute atomic E-state index is 0.0609. The molecule has 30 heavy (non-hydrogen) atoms. The molecule has 3 aromatic carbocycles. The summed E-state index contributed by atoms with van der Waals surface area (Å²) in [7, 11) is 1.59. The molecule has 0 amide bonds. The fourth-order valence-electron chi connectivity index (χ4n) is 3.37. The summed E-state index contributed by atoms with van der Waals surface area (Å²) in [6, 6.07) is 18.2. The number of phenolic OH excluding ortho intramolecular Hbond substituents is 2. The smallest absolute Gasteiger partial charge is 0.190 e. The summed E-state index contributed by atoms with van der Waals surface area (Å²) in [6.07, 6.45) is 0. The van der Waals surface area contributed by atoms with Crippen LogP contribution in [-0.2, 0) is 0 Å². The van der Waals surface area contributed by atoms with Crippen LogP contribution in [0.5, 0.6) is 17.2 Å².